The molecule has 0 spiro atoms. The van der Waals surface area contributed by atoms with Crippen LogP contribution in [0.4, 0.5) is 13.2 Å². The Morgan fingerprint density at radius 3 is 2.43 bits per heavy atom. The fourth-order valence-corrected chi connectivity index (χ4v) is 1.96. The van der Waals surface area contributed by atoms with Gasteiger partial charge in [0.2, 0.25) is 0 Å². The SMILES string of the molecule is O=C(NCc1ccc(OC(F)(F)F)cc1)c1ccoc1Br. The van der Waals surface area contributed by atoms with Crippen LogP contribution in [0.15, 0.2) is 45.7 Å². The molecule has 0 bridgehead atoms. The molecule has 0 saturated carbocycles. The zero-order valence-electron chi connectivity index (χ0n) is 10.4. The van der Waals surface area contributed by atoms with Gasteiger partial charge in [0.25, 0.3) is 5.91 Å². The molecule has 1 heterocycles. The highest BCUT2D eigenvalue weighted by molar-refractivity contribution is 9.10. The lowest BCUT2D eigenvalue weighted by atomic mass is 10.2. The van der Waals surface area contributed by atoms with Crippen LogP contribution in [0.5, 0.6) is 5.75 Å². The maximum atomic E-state index is 12.0. The number of ether oxygens (including phenoxy) is 1. The van der Waals surface area contributed by atoms with E-state index in [9.17, 15) is 18.0 Å². The molecule has 0 aliphatic heterocycles. The number of rotatable bonds is 4. The highest BCUT2D eigenvalue weighted by Gasteiger charge is 2.30. The first-order valence-electron chi connectivity index (χ1n) is 5.71. The second-order valence-corrected chi connectivity index (χ2v) is 4.70. The minimum atomic E-state index is -4.72. The van der Waals surface area contributed by atoms with Crippen LogP contribution in [0.25, 0.3) is 0 Å². The Morgan fingerprint density at radius 1 is 1.24 bits per heavy atom. The van der Waals surface area contributed by atoms with Gasteiger partial charge in [0.05, 0.1) is 11.8 Å². The largest absolute Gasteiger partial charge is 0.573 e. The lowest BCUT2D eigenvalue weighted by Crippen LogP contribution is -2.22. The summed E-state index contributed by atoms with van der Waals surface area (Å²) < 4.78 is 45.0. The Hall–Kier alpha value is -1.96. The Balaban J connectivity index is 1.92. The van der Waals surface area contributed by atoms with Crippen LogP contribution in [-0.2, 0) is 6.54 Å². The van der Waals surface area contributed by atoms with Gasteiger partial charge in [-0.25, -0.2) is 0 Å². The third-order valence-electron chi connectivity index (χ3n) is 2.47. The second-order valence-electron chi connectivity index (χ2n) is 3.98. The first kappa shape index (κ1) is 15.4. The van der Waals surface area contributed by atoms with Crippen molar-refractivity contribution in [3.8, 4) is 5.75 Å². The molecule has 1 aromatic heterocycles. The third kappa shape index (κ3) is 4.52. The smallest absolute Gasteiger partial charge is 0.457 e. The monoisotopic (exact) mass is 363 g/mol. The van der Waals surface area contributed by atoms with Gasteiger partial charge in [-0.2, -0.15) is 0 Å². The topological polar surface area (TPSA) is 51.5 Å². The molecule has 0 unspecified atom stereocenters. The fourth-order valence-electron chi connectivity index (χ4n) is 1.54. The maximum absolute atomic E-state index is 12.0. The molecule has 0 atom stereocenters. The average Bonchev–Trinajstić information content (AvgIpc) is 2.82. The van der Waals surface area contributed by atoms with Crippen molar-refractivity contribution in [2.75, 3.05) is 0 Å². The molecule has 0 saturated heterocycles. The normalized spacial score (nSPS) is 11.2. The van der Waals surface area contributed by atoms with Crippen molar-refractivity contribution < 1.29 is 27.1 Å². The van der Waals surface area contributed by atoms with E-state index in [1.807, 2.05) is 0 Å². The van der Waals surface area contributed by atoms with E-state index in [1.54, 1.807) is 0 Å². The summed E-state index contributed by atoms with van der Waals surface area (Å²) >= 11 is 3.08. The number of halogens is 4. The van der Waals surface area contributed by atoms with Crippen LogP contribution in [0.3, 0.4) is 0 Å². The predicted octanol–water partition coefficient (Wildman–Crippen LogP) is 3.87. The quantitative estimate of drug-likeness (QED) is 0.896. The average molecular weight is 364 g/mol. The van der Waals surface area contributed by atoms with Crippen molar-refractivity contribution in [3.05, 3.63) is 52.4 Å². The number of hydrogen-bond donors (Lipinski definition) is 1. The van der Waals surface area contributed by atoms with Gasteiger partial charge in [-0.3, -0.25) is 4.79 Å². The summed E-state index contributed by atoms with van der Waals surface area (Å²) in [5.74, 6) is -0.665. The molecule has 0 aliphatic carbocycles. The molecule has 0 aliphatic rings. The zero-order chi connectivity index (χ0) is 15.5. The number of amides is 1. The fraction of sp³-hybridized carbons (Fsp3) is 0.154. The van der Waals surface area contributed by atoms with Crippen molar-refractivity contribution in [2.45, 2.75) is 12.9 Å². The molecule has 8 heteroatoms. The van der Waals surface area contributed by atoms with Gasteiger partial charge in [0, 0.05) is 6.54 Å². The van der Waals surface area contributed by atoms with E-state index in [1.165, 1.54) is 36.6 Å². The molecular weight excluding hydrogens is 355 g/mol. The zero-order valence-corrected chi connectivity index (χ0v) is 12.0. The van der Waals surface area contributed by atoms with Gasteiger partial charge in [-0.05, 0) is 39.7 Å². The summed E-state index contributed by atoms with van der Waals surface area (Å²) in [6.07, 6.45) is -3.36. The van der Waals surface area contributed by atoms with Crippen molar-refractivity contribution in [1.82, 2.24) is 5.32 Å². The number of nitrogens with one attached hydrogen (secondary N) is 1. The molecule has 1 amide bonds. The van der Waals surface area contributed by atoms with E-state index in [-0.39, 0.29) is 18.2 Å². The second kappa shape index (κ2) is 6.21. The van der Waals surface area contributed by atoms with Crippen molar-refractivity contribution in [2.24, 2.45) is 0 Å². The number of carbonyl (C=O) groups excluding carboxylic acids is 1. The summed E-state index contributed by atoms with van der Waals surface area (Å²) in [6, 6.07) is 6.74. The van der Waals surface area contributed by atoms with Gasteiger partial charge < -0.3 is 14.5 Å². The highest BCUT2D eigenvalue weighted by atomic mass is 79.9. The standard InChI is InChI=1S/C13H9BrF3NO3/c14-11-10(5-6-20-11)12(19)18-7-8-1-3-9(4-2-8)21-13(15,16)17/h1-6H,7H2,(H,18,19). The van der Waals surface area contributed by atoms with Crippen molar-refractivity contribution in [1.29, 1.82) is 0 Å². The Labute approximate surface area is 126 Å². The summed E-state index contributed by atoms with van der Waals surface area (Å²) in [5.41, 5.74) is 0.976. The molecule has 2 rings (SSSR count). The molecule has 2 aromatic rings. The predicted molar refractivity (Wildman–Crippen MR) is 70.7 cm³/mol. The summed E-state index contributed by atoms with van der Waals surface area (Å²) in [6.45, 7) is 0.169. The van der Waals surface area contributed by atoms with Crippen LogP contribution >= 0.6 is 15.9 Å². The van der Waals surface area contributed by atoms with E-state index in [4.69, 9.17) is 4.42 Å². The van der Waals surface area contributed by atoms with Gasteiger partial charge in [-0.15, -0.1) is 13.2 Å². The molecule has 1 N–H and O–H groups in total. The van der Waals surface area contributed by atoms with E-state index >= 15 is 0 Å². The van der Waals surface area contributed by atoms with Gasteiger partial charge in [0.15, 0.2) is 4.67 Å². The summed E-state index contributed by atoms with van der Waals surface area (Å²) in [5, 5.41) is 2.62. The van der Waals surface area contributed by atoms with Crippen LogP contribution in [-0.4, -0.2) is 12.3 Å². The molecule has 112 valence electrons. The molecule has 1 aromatic carbocycles. The minimum Gasteiger partial charge on any atom is -0.457 e. The Kier molecular flexibility index (Phi) is 4.56. The van der Waals surface area contributed by atoms with Crippen LogP contribution < -0.4 is 10.1 Å². The summed E-state index contributed by atoms with van der Waals surface area (Å²) in [7, 11) is 0. The maximum Gasteiger partial charge on any atom is 0.573 e. The van der Waals surface area contributed by atoms with Gasteiger partial charge in [-0.1, -0.05) is 12.1 Å². The number of furan rings is 1. The third-order valence-corrected chi connectivity index (χ3v) is 3.09. The Morgan fingerprint density at radius 2 is 1.90 bits per heavy atom. The molecular formula is C13H9BrF3NO3. The summed E-state index contributed by atoms with van der Waals surface area (Å²) in [4.78, 5) is 11.8. The van der Waals surface area contributed by atoms with Gasteiger partial charge in [0.1, 0.15) is 5.75 Å². The number of benzene rings is 1. The minimum absolute atomic E-state index is 0.169. The molecule has 0 radical (unpaired) electrons. The van der Waals surface area contributed by atoms with Crippen molar-refractivity contribution >= 4 is 21.8 Å². The van der Waals surface area contributed by atoms with Crippen molar-refractivity contribution in [3.63, 3.8) is 0 Å². The highest BCUT2D eigenvalue weighted by Crippen LogP contribution is 2.23. The lowest BCUT2D eigenvalue weighted by molar-refractivity contribution is -0.274. The van der Waals surface area contributed by atoms with Crippen LogP contribution in [0, 0.1) is 0 Å². The van der Waals surface area contributed by atoms with E-state index in [0.29, 0.717) is 15.8 Å². The van der Waals surface area contributed by atoms with Crippen LogP contribution in [0.2, 0.25) is 0 Å². The molecule has 0 fully saturated rings. The number of hydrogen-bond acceptors (Lipinski definition) is 3. The molecule has 21 heavy (non-hydrogen) atoms. The lowest BCUT2D eigenvalue weighted by Gasteiger charge is -2.09. The molecule has 4 nitrogen and oxygen atoms in total. The Bertz CT molecular complexity index is 622. The number of carbonyl (C=O) groups is 1. The van der Waals surface area contributed by atoms with E-state index < -0.39 is 6.36 Å². The van der Waals surface area contributed by atoms with E-state index in [0.717, 1.165) is 0 Å². The number of alkyl halides is 3. The first-order chi connectivity index (χ1) is 9.85. The first-order valence-corrected chi connectivity index (χ1v) is 6.50. The van der Waals surface area contributed by atoms with E-state index in [2.05, 4.69) is 26.0 Å². The van der Waals surface area contributed by atoms with Gasteiger partial charge >= 0.3 is 6.36 Å². The van der Waals surface area contributed by atoms with Crippen LogP contribution in [0.1, 0.15) is 15.9 Å².